The van der Waals surface area contributed by atoms with Gasteiger partial charge in [-0.2, -0.15) is 0 Å². The fourth-order valence-corrected chi connectivity index (χ4v) is 3.75. The molecule has 0 saturated carbocycles. The molecule has 4 rings (SSSR count). The van der Waals surface area contributed by atoms with Crippen LogP contribution in [-0.2, 0) is 6.42 Å². The third-order valence-corrected chi connectivity index (χ3v) is 5.04. The summed E-state index contributed by atoms with van der Waals surface area (Å²) in [6, 6.07) is 6.41. The van der Waals surface area contributed by atoms with Crippen molar-refractivity contribution >= 4 is 22.7 Å². The first kappa shape index (κ1) is 13.7. The standard InChI is InChI=1S/C18H21N3O/c1-21-6-3-12(4-7-21)18-16-10-17-13(2-5-19-17)8-14(16)9-15(11-22)20-18/h8-12,19H,2-7H2,1H3. The molecule has 0 bridgehead atoms. The number of piperidine rings is 1. The molecule has 1 aromatic heterocycles. The summed E-state index contributed by atoms with van der Waals surface area (Å²) in [6.07, 6.45) is 4.17. The number of hydrogen-bond donors (Lipinski definition) is 1. The lowest BCUT2D eigenvalue weighted by Crippen LogP contribution is -2.29. The number of pyridine rings is 1. The van der Waals surface area contributed by atoms with Gasteiger partial charge in [-0.15, -0.1) is 0 Å². The van der Waals surface area contributed by atoms with Gasteiger partial charge in [-0.3, -0.25) is 4.79 Å². The molecule has 2 aliphatic heterocycles. The van der Waals surface area contributed by atoms with Gasteiger partial charge in [0.15, 0.2) is 6.29 Å². The van der Waals surface area contributed by atoms with Crippen LogP contribution in [-0.4, -0.2) is 42.9 Å². The first-order valence-corrected chi connectivity index (χ1v) is 8.10. The van der Waals surface area contributed by atoms with E-state index in [0.717, 1.165) is 56.3 Å². The number of hydrogen-bond acceptors (Lipinski definition) is 4. The van der Waals surface area contributed by atoms with Crippen molar-refractivity contribution in [2.45, 2.75) is 25.2 Å². The lowest BCUT2D eigenvalue weighted by atomic mass is 9.89. The molecule has 3 heterocycles. The highest BCUT2D eigenvalue weighted by Gasteiger charge is 2.23. The molecule has 4 heteroatoms. The molecule has 4 nitrogen and oxygen atoms in total. The number of carbonyl (C=O) groups excluding carboxylic acids is 1. The van der Waals surface area contributed by atoms with Gasteiger partial charge < -0.3 is 10.2 Å². The van der Waals surface area contributed by atoms with Crippen LogP contribution >= 0.6 is 0 Å². The number of anilines is 1. The topological polar surface area (TPSA) is 45.2 Å². The van der Waals surface area contributed by atoms with Crippen LogP contribution < -0.4 is 5.32 Å². The van der Waals surface area contributed by atoms with Crippen molar-refractivity contribution in [3.63, 3.8) is 0 Å². The van der Waals surface area contributed by atoms with E-state index >= 15 is 0 Å². The second-order valence-corrected chi connectivity index (χ2v) is 6.54. The molecule has 114 valence electrons. The Morgan fingerprint density at radius 3 is 2.86 bits per heavy atom. The highest BCUT2D eigenvalue weighted by atomic mass is 16.1. The molecular formula is C18H21N3O. The molecule has 1 aromatic carbocycles. The van der Waals surface area contributed by atoms with Crippen molar-refractivity contribution in [3.8, 4) is 0 Å². The quantitative estimate of drug-likeness (QED) is 0.865. The lowest BCUT2D eigenvalue weighted by molar-refractivity contribution is 0.111. The second-order valence-electron chi connectivity index (χ2n) is 6.54. The van der Waals surface area contributed by atoms with Crippen LogP contribution in [0.15, 0.2) is 18.2 Å². The predicted molar refractivity (Wildman–Crippen MR) is 88.8 cm³/mol. The maximum absolute atomic E-state index is 11.3. The Bertz CT molecular complexity index is 733. The third-order valence-electron chi connectivity index (χ3n) is 5.04. The highest BCUT2D eigenvalue weighted by Crippen LogP contribution is 2.35. The van der Waals surface area contributed by atoms with Gasteiger partial charge in [0.1, 0.15) is 5.69 Å². The van der Waals surface area contributed by atoms with Crippen LogP contribution in [0.5, 0.6) is 0 Å². The maximum atomic E-state index is 11.3. The first-order valence-electron chi connectivity index (χ1n) is 8.10. The molecule has 0 radical (unpaired) electrons. The number of likely N-dealkylation sites (tertiary alicyclic amines) is 1. The van der Waals surface area contributed by atoms with Crippen LogP contribution in [0.1, 0.15) is 40.5 Å². The third kappa shape index (κ3) is 2.28. The van der Waals surface area contributed by atoms with Gasteiger partial charge in [0.25, 0.3) is 0 Å². The molecule has 22 heavy (non-hydrogen) atoms. The number of carbonyl (C=O) groups is 1. The minimum atomic E-state index is 0.457. The molecule has 0 atom stereocenters. The van der Waals surface area contributed by atoms with E-state index in [1.54, 1.807) is 0 Å². The monoisotopic (exact) mass is 295 g/mol. The van der Waals surface area contributed by atoms with E-state index < -0.39 is 0 Å². The average Bonchev–Trinajstić information content (AvgIpc) is 2.99. The largest absolute Gasteiger partial charge is 0.384 e. The van der Waals surface area contributed by atoms with Gasteiger partial charge in [0.05, 0.1) is 5.69 Å². The van der Waals surface area contributed by atoms with Crippen molar-refractivity contribution in [2.75, 3.05) is 32.0 Å². The van der Waals surface area contributed by atoms with Gasteiger partial charge >= 0.3 is 0 Å². The summed E-state index contributed by atoms with van der Waals surface area (Å²) < 4.78 is 0. The Kier molecular flexibility index (Phi) is 3.34. The van der Waals surface area contributed by atoms with Crippen molar-refractivity contribution in [3.05, 3.63) is 35.2 Å². The van der Waals surface area contributed by atoms with Gasteiger partial charge in [-0.05, 0) is 68.5 Å². The first-order chi connectivity index (χ1) is 10.7. The molecule has 1 saturated heterocycles. The summed E-state index contributed by atoms with van der Waals surface area (Å²) in [7, 11) is 2.17. The Balaban J connectivity index is 1.86. The Hall–Kier alpha value is -1.94. The Morgan fingerprint density at radius 1 is 1.27 bits per heavy atom. The summed E-state index contributed by atoms with van der Waals surface area (Å²) >= 11 is 0. The van der Waals surface area contributed by atoms with Crippen LogP contribution in [0.2, 0.25) is 0 Å². The van der Waals surface area contributed by atoms with Crippen molar-refractivity contribution < 1.29 is 4.79 Å². The predicted octanol–water partition coefficient (Wildman–Crippen LogP) is 2.82. The number of aromatic nitrogens is 1. The molecule has 1 N–H and O–H groups in total. The van der Waals surface area contributed by atoms with E-state index in [2.05, 4.69) is 34.4 Å². The fraction of sp³-hybridized carbons (Fsp3) is 0.444. The number of nitrogens with one attached hydrogen (secondary N) is 1. The van der Waals surface area contributed by atoms with Crippen LogP contribution in [0.4, 0.5) is 5.69 Å². The highest BCUT2D eigenvalue weighted by molar-refractivity contribution is 5.93. The molecule has 2 aromatic rings. The van der Waals surface area contributed by atoms with Gasteiger partial charge in [-0.25, -0.2) is 4.98 Å². The number of rotatable bonds is 2. The normalized spacial score (nSPS) is 19.1. The van der Waals surface area contributed by atoms with E-state index in [-0.39, 0.29) is 0 Å². The summed E-state index contributed by atoms with van der Waals surface area (Å²) in [6.45, 7) is 3.20. The zero-order valence-corrected chi connectivity index (χ0v) is 12.9. The van der Waals surface area contributed by atoms with E-state index in [9.17, 15) is 4.79 Å². The zero-order chi connectivity index (χ0) is 15.1. The maximum Gasteiger partial charge on any atom is 0.168 e. The minimum Gasteiger partial charge on any atom is -0.384 e. The molecule has 0 unspecified atom stereocenters. The Labute approximate surface area is 130 Å². The van der Waals surface area contributed by atoms with Crippen molar-refractivity contribution in [1.82, 2.24) is 9.88 Å². The van der Waals surface area contributed by atoms with Crippen molar-refractivity contribution in [2.24, 2.45) is 0 Å². The number of fused-ring (bicyclic) bond motifs is 2. The van der Waals surface area contributed by atoms with Gasteiger partial charge in [0.2, 0.25) is 0 Å². The summed E-state index contributed by atoms with van der Waals surface area (Å²) in [4.78, 5) is 18.3. The summed E-state index contributed by atoms with van der Waals surface area (Å²) in [5.41, 5.74) is 4.27. The van der Waals surface area contributed by atoms with E-state index in [4.69, 9.17) is 0 Å². The molecule has 0 amide bonds. The van der Waals surface area contributed by atoms with Crippen LogP contribution in [0.3, 0.4) is 0 Å². The van der Waals surface area contributed by atoms with Crippen molar-refractivity contribution in [1.29, 1.82) is 0 Å². The summed E-state index contributed by atoms with van der Waals surface area (Å²) in [5.74, 6) is 0.457. The molecule has 0 aliphatic carbocycles. The fourth-order valence-electron chi connectivity index (χ4n) is 3.75. The summed E-state index contributed by atoms with van der Waals surface area (Å²) in [5, 5.41) is 5.83. The number of aldehydes is 1. The second kappa shape index (κ2) is 5.36. The Morgan fingerprint density at radius 2 is 2.09 bits per heavy atom. The zero-order valence-electron chi connectivity index (χ0n) is 12.9. The average molecular weight is 295 g/mol. The lowest BCUT2D eigenvalue weighted by Gasteiger charge is -2.29. The molecule has 0 spiro atoms. The SMILES string of the molecule is CN1CCC(c2nc(C=O)cc3cc4c(cc23)NCC4)CC1. The molecule has 2 aliphatic rings. The van der Waals surface area contributed by atoms with Gasteiger partial charge in [0, 0.05) is 23.5 Å². The number of nitrogens with zero attached hydrogens (tertiary/aromatic N) is 2. The van der Waals surface area contributed by atoms with Crippen LogP contribution in [0.25, 0.3) is 10.8 Å². The van der Waals surface area contributed by atoms with E-state index in [1.807, 2.05) is 6.07 Å². The molecule has 1 fully saturated rings. The number of benzene rings is 1. The minimum absolute atomic E-state index is 0.457. The molecular weight excluding hydrogens is 274 g/mol. The van der Waals surface area contributed by atoms with E-state index in [0.29, 0.717) is 11.6 Å². The van der Waals surface area contributed by atoms with Gasteiger partial charge in [-0.1, -0.05) is 0 Å². The van der Waals surface area contributed by atoms with Crippen LogP contribution in [0, 0.1) is 0 Å². The van der Waals surface area contributed by atoms with E-state index in [1.165, 1.54) is 16.6 Å². The smallest absolute Gasteiger partial charge is 0.168 e.